The van der Waals surface area contributed by atoms with Crippen LogP contribution < -0.4 is 10.6 Å². The zero-order valence-corrected chi connectivity index (χ0v) is 18.8. The van der Waals surface area contributed by atoms with Crippen LogP contribution in [0, 0.1) is 0 Å². The number of nitrogens with one attached hydrogen (secondary N) is 2. The summed E-state index contributed by atoms with van der Waals surface area (Å²) in [5.74, 6) is 0.910. The molecular formula is C20H35IN4O. The van der Waals surface area contributed by atoms with Crippen LogP contribution >= 0.6 is 24.0 Å². The minimum absolute atomic E-state index is 0. The lowest BCUT2D eigenvalue weighted by molar-refractivity contribution is 0.0220. The lowest BCUT2D eigenvalue weighted by Crippen LogP contribution is -2.44. The van der Waals surface area contributed by atoms with E-state index >= 15 is 0 Å². The molecule has 26 heavy (non-hydrogen) atoms. The van der Waals surface area contributed by atoms with E-state index in [0.29, 0.717) is 6.04 Å². The van der Waals surface area contributed by atoms with Crippen LogP contribution in [0.15, 0.2) is 29.3 Å². The van der Waals surface area contributed by atoms with Gasteiger partial charge in [0.05, 0.1) is 19.8 Å². The maximum Gasteiger partial charge on any atom is 0.191 e. The first-order valence-electron chi connectivity index (χ1n) is 9.64. The Hall–Kier alpha value is -0.860. The maximum absolute atomic E-state index is 5.42. The number of rotatable bonds is 8. The molecule has 0 saturated carbocycles. The third kappa shape index (κ3) is 8.22. The SMILES string of the molecule is CCNC(=NCC(C)N1CCOCC1)NCCc1ccc(CC)cc1.I. The summed E-state index contributed by atoms with van der Waals surface area (Å²) in [4.78, 5) is 7.21. The van der Waals surface area contributed by atoms with Gasteiger partial charge in [-0.25, -0.2) is 0 Å². The number of nitrogens with zero attached hydrogens (tertiary/aromatic N) is 2. The molecule has 148 valence electrons. The van der Waals surface area contributed by atoms with Gasteiger partial charge in [0.25, 0.3) is 0 Å². The van der Waals surface area contributed by atoms with E-state index in [-0.39, 0.29) is 24.0 Å². The Bertz CT molecular complexity index is 515. The molecule has 2 N–H and O–H groups in total. The molecule has 1 unspecified atom stereocenters. The Balaban J connectivity index is 0.00000338. The first-order valence-corrected chi connectivity index (χ1v) is 9.64. The van der Waals surface area contributed by atoms with Crippen molar-refractivity contribution in [2.75, 3.05) is 45.9 Å². The van der Waals surface area contributed by atoms with Crippen molar-refractivity contribution >= 4 is 29.9 Å². The molecule has 0 spiro atoms. The van der Waals surface area contributed by atoms with Gasteiger partial charge in [0.1, 0.15) is 0 Å². The quantitative estimate of drug-likeness (QED) is 0.346. The summed E-state index contributed by atoms with van der Waals surface area (Å²) >= 11 is 0. The van der Waals surface area contributed by atoms with Gasteiger partial charge in [-0.2, -0.15) is 0 Å². The number of hydrogen-bond donors (Lipinski definition) is 2. The van der Waals surface area contributed by atoms with Crippen LogP contribution in [0.1, 0.15) is 31.9 Å². The van der Waals surface area contributed by atoms with Gasteiger partial charge >= 0.3 is 0 Å². The highest BCUT2D eigenvalue weighted by Gasteiger charge is 2.16. The molecule has 1 atom stereocenters. The molecule has 1 fully saturated rings. The smallest absolute Gasteiger partial charge is 0.191 e. The van der Waals surface area contributed by atoms with Gasteiger partial charge in [0.15, 0.2) is 5.96 Å². The molecule has 0 radical (unpaired) electrons. The summed E-state index contributed by atoms with van der Waals surface area (Å²) in [6.45, 7) is 12.8. The van der Waals surface area contributed by atoms with Crippen LogP contribution in [0.2, 0.25) is 0 Å². The second-order valence-corrected chi connectivity index (χ2v) is 6.56. The molecule has 1 saturated heterocycles. The van der Waals surface area contributed by atoms with Crippen molar-refractivity contribution in [2.24, 2.45) is 4.99 Å². The summed E-state index contributed by atoms with van der Waals surface area (Å²) in [7, 11) is 0. The summed E-state index contributed by atoms with van der Waals surface area (Å²) < 4.78 is 5.42. The van der Waals surface area contributed by atoms with E-state index in [1.54, 1.807) is 0 Å². The molecule has 0 aromatic heterocycles. The van der Waals surface area contributed by atoms with Gasteiger partial charge in [-0.05, 0) is 37.8 Å². The van der Waals surface area contributed by atoms with Gasteiger partial charge in [-0.1, -0.05) is 31.2 Å². The van der Waals surface area contributed by atoms with Gasteiger partial charge in [-0.15, -0.1) is 24.0 Å². The van der Waals surface area contributed by atoms with Crippen molar-refractivity contribution in [1.82, 2.24) is 15.5 Å². The Morgan fingerprint density at radius 1 is 1.12 bits per heavy atom. The largest absolute Gasteiger partial charge is 0.379 e. The second-order valence-electron chi connectivity index (χ2n) is 6.56. The van der Waals surface area contributed by atoms with Crippen molar-refractivity contribution in [3.05, 3.63) is 35.4 Å². The number of ether oxygens (including phenoxy) is 1. The number of halogens is 1. The number of aliphatic imine (C=N–C) groups is 1. The van der Waals surface area contributed by atoms with Crippen molar-refractivity contribution in [3.63, 3.8) is 0 Å². The lowest BCUT2D eigenvalue weighted by Gasteiger charge is -2.31. The fourth-order valence-electron chi connectivity index (χ4n) is 2.97. The lowest BCUT2D eigenvalue weighted by atomic mass is 10.1. The van der Waals surface area contributed by atoms with E-state index in [9.17, 15) is 0 Å². The molecule has 6 heteroatoms. The monoisotopic (exact) mass is 474 g/mol. The molecule has 1 heterocycles. The Morgan fingerprint density at radius 3 is 2.38 bits per heavy atom. The van der Waals surface area contributed by atoms with Crippen LogP contribution in [-0.2, 0) is 17.6 Å². The molecule has 1 aromatic carbocycles. The zero-order chi connectivity index (χ0) is 17.9. The maximum atomic E-state index is 5.42. The Kier molecular flexibility index (Phi) is 11.9. The minimum Gasteiger partial charge on any atom is -0.379 e. The summed E-state index contributed by atoms with van der Waals surface area (Å²) in [6.07, 6.45) is 2.10. The first-order chi connectivity index (χ1) is 12.2. The average Bonchev–Trinajstić information content (AvgIpc) is 2.67. The van der Waals surface area contributed by atoms with Crippen molar-refractivity contribution < 1.29 is 4.74 Å². The van der Waals surface area contributed by atoms with E-state index in [4.69, 9.17) is 9.73 Å². The number of aryl methyl sites for hydroxylation is 1. The molecule has 1 aliphatic rings. The summed E-state index contributed by atoms with van der Waals surface area (Å²) in [5.41, 5.74) is 2.76. The van der Waals surface area contributed by atoms with Crippen LogP contribution in [0.25, 0.3) is 0 Å². The summed E-state index contributed by atoms with van der Waals surface area (Å²) in [6, 6.07) is 9.34. The van der Waals surface area contributed by atoms with Crippen LogP contribution in [0.3, 0.4) is 0 Å². The van der Waals surface area contributed by atoms with Crippen molar-refractivity contribution in [1.29, 1.82) is 0 Å². The van der Waals surface area contributed by atoms with E-state index < -0.39 is 0 Å². The van der Waals surface area contributed by atoms with Crippen LogP contribution in [0.4, 0.5) is 0 Å². The minimum atomic E-state index is 0. The highest BCUT2D eigenvalue weighted by molar-refractivity contribution is 14.0. The highest BCUT2D eigenvalue weighted by Crippen LogP contribution is 2.06. The number of morpholine rings is 1. The standard InChI is InChI=1S/C20H34N4O.HI/c1-4-18-6-8-19(9-7-18)10-11-22-20(21-5-2)23-16-17(3)24-12-14-25-15-13-24;/h6-9,17H,4-5,10-16H2,1-3H3,(H2,21,22,23);1H. The summed E-state index contributed by atoms with van der Waals surface area (Å²) in [5, 5.41) is 6.79. The molecule has 0 amide bonds. The average molecular weight is 474 g/mol. The van der Waals surface area contributed by atoms with Crippen LogP contribution in [-0.4, -0.2) is 62.8 Å². The van der Waals surface area contributed by atoms with Crippen molar-refractivity contribution in [2.45, 2.75) is 39.7 Å². The highest BCUT2D eigenvalue weighted by atomic mass is 127. The van der Waals surface area contributed by atoms with Gasteiger partial charge in [-0.3, -0.25) is 9.89 Å². The van der Waals surface area contributed by atoms with Crippen LogP contribution in [0.5, 0.6) is 0 Å². The Morgan fingerprint density at radius 2 is 1.77 bits per heavy atom. The third-order valence-electron chi connectivity index (χ3n) is 4.66. The second kappa shape index (κ2) is 13.3. The molecular weight excluding hydrogens is 439 g/mol. The molecule has 0 bridgehead atoms. The van der Waals surface area contributed by atoms with Gasteiger partial charge < -0.3 is 15.4 Å². The fraction of sp³-hybridized carbons (Fsp3) is 0.650. The molecule has 5 nitrogen and oxygen atoms in total. The zero-order valence-electron chi connectivity index (χ0n) is 16.5. The third-order valence-corrected chi connectivity index (χ3v) is 4.66. The number of guanidine groups is 1. The fourth-order valence-corrected chi connectivity index (χ4v) is 2.97. The molecule has 1 aromatic rings. The molecule has 2 rings (SSSR count). The first kappa shape index (κ1) is 23.2. The van der Waals surface area contributed by atoms with E-state index in [2.05, 4.69) is 60.6 Å². The number of benzene rings is 1. The van der Waals surface area contributed by atoms with Gasteiger partial charge in [0, 0.05) is 32.2 Å². The van der Waals surface area contributed by atoms with E-state index in [1.165, 1.54) is 11.1 Å². The topological polar surface area (TPSA) is 48.9 Å². The predicted molar refractivity (Wildman–Crippen MR) is 121 cm³/mol. The normalized spacial score (nSPS) is 16.7. The van der Waals surface area contributed by atoms with E-state index in [0.717, 1.165) is 64.7 Å². The van der Waals surface area contributed by atoms with Gasteiger partial charge in [0.2, 0.25) is 0 Å². The number of hydrogen-bond acceptors (Lipinski definition) is 3. The predicted octanol–water partition coefficient (Wildman–Crippen LogP) is 2.69. The van der Waals surface area contributed by atoms with E-state index in [1.807, 2.05) is 0 Å². The molecule has 0 aliphatic carbocycles. The molecule has 1 aliphatic heterocycles. The Labute approximate surface area is 176 Å². The van der Waals surface area contributed by atoms with Crippen molar-refractivity contribution in [3.8, 4) is 0 Å².